The van der Waals surface area contributed by atoms with Crippen LogP contribution in [0, 0.1) is 10.1 Å². The van der Waals surface area contributed by atoms with Crippen LogP contribution >= 0.6 is 0 Å². The van der Waals surface area contributed by atoms with E-state index in [-0.39, 0.29) is 36.1 Å². The van der Waals surface area contributed by atoms with Crippen molar-refractivity contribution in [1.82, 2.24) is 9.21 Å². The average Bonchev–Trinajstić information content (AvgIpc) is 2.54. The minimum absolute atomic E-state index is 0.0747. The third-order valence-electron chi connectivity index (χ3n) is 3.72. The summed E-state index contributed by atoms with van der Waals surface area (Å²) in [6.45, 7) is 0.928. The molecule has 0 aliphatic carbocycles. The van der Waals surface area contributed by atoms with Gasteiger partial charge in [0.1, 0.15) is 6.04 Å². The molecule has 0 saturated carbocycles. The van der Waals surface area contributed by atoms with Gasteiger partial charge in [-0.25, -0.2) is 8.42 Å². The average molecular weight is 357 g/mol. The maximum absolute atomic E-state index is 12.6. The number of carboxylic acid groups (broad SMARTS) is 1. The van der Waals surface area contributed by atoms with Gasteiger partial charge in [-0.1, -0.05) is 0 Å². The Kier molecular flexibility index (Phi) is 4.85. The molecule has 0 spiro atoms. The highest BCUT2D eigenvalue weighted by molar-refractivity contribution is 7.89. The van der Waals surface area contributed by atoms with Gasteiger partial charge in [0.05, 0.1) is 9.82 Å². The number of nitrogens with zero attached hydrogens (tertiary/aromatic N) is 3. The predicted molar refractivity (Wildman–Crippen MR) is 80.7 cm³/mol. The van der Waals surface area contributed by atoms with Gasteiger partial charge in [-0.2, -0.15) is 4.31 Å². The second-order valence-corrected chi connectivity index (χ2v) is 7.08. The van der Waals surface area contributed by atoms with Crippen molar-refractivity contribution in [3.05, 3.63) is 34.4 Å². The molecule has 0 radical (unpaired) electrons. The maximum atomic E-state index is 12.6. The van der Waals surface area contributed by atoms with Crippen LogP contribution in [-0.4, -0.2) is 65.2 Å². The number of aliphatic carboxylic acids is 1. The van der Waals surface area contributed by atoms with Crippen molar-refractivity contribution >= 4 is 27.6 Å². The Hall–Kier alpha value is -2.53. The Morgan fingerprint density at radius 2 is 1.83 bits per heavy atom. The maximum Gasteiger partial charge on any atom is 0.323 e. The summed E-state index contributed by atoms with van der Waals surface area (Å²) in [5.41, 5.74) is -0.273. The number of nitro benzene ring substituents is 1. The molecule has 1 saturated heterocycles. The molecule has 1 aromatic carbocycles. The standard InChI is InChI=1S/C13H15N3O7S/c1-9(17)14-6-7-15(12(8-14)13(18)19)24(22,23)11-4-2-10(3-5-11)16(20)21/h2-5,12H,6-8H2,1H3,(H,18,19). The topological polar surface area (TPSA) is 138 Å². The second kappa shape index (κ2) is 6.53. The van der Waals surface area contributed by atoms with E-state index in [0.717, 1.165) is 28.6 Å². The molecule has 2 rings (SSSR count). The Balaban J connectivity index is 2.34. The number of non-ortho nitro benzene ring substituents is 1. The van der Waals surface area contributed by atoms with Gasteiger partial charge in [0.25, 0.3) is 5.69 Å². The predicted octanol–water partition coefficient (Wildman–Crippen LogP) is -0.0992. The van der Waals surface area contributed by atoms with E-state index in [9.17, 15) is 33.2 Å². The lowest BCUT2D eigenvalue weighted by Gasteiger charge is -2.37. The fourth-order valence-corrected chi connectivity index (χ4v) is 3.98. The van der Waals surface area contributed by atoms with E-state index in [2.05, 4.69) is 0 Å². The molecule has 1 aliphatic heterocycles. The number of nitro groups is 1. The summed E-state index contributed by atoms with van der Waals surface area (Å²) in [5.74, 6) is -1.71. The van der Waals surface area contributed by atoms with E-state index in [0.29, 0.717) is 0 Å². The SMILES string of the molecule is CC(=O)N1CCN(S(=O)(=O)c2ccc([N+](=O)[O-])cc2)C(C(=O)O)C1. The van der Waals surface area contributed by atoms with Crippen LogP contribution in [0.4, 0.5) is 5.69 Å². The molecule has 1 aliphatic rings. The fraction of sp³-hybridized carbons (Fsp3) is 0.385. The Morgan fingerprint density at radius 3 is 2.29 bits per heavy atom. The van der Waals surface area contributed by atoms with Crippen molar-refractivity contribution in [2.45, 2.75) is 17.9 Å². The summed E-state index contributed by atoms with van der Waals surface area (Å²) in [7, 11) is -4.16. The van der Waals surface area contributed by atoms with Crippen LogP contribution in [0.3, 0.4) is 0 Å². The molecule has 1 fully saturated rings. The van der Waals surface area contributed by atoms with Gasteiger partial charge in [-0.15, -0.1) is 0 Å². The number of hydrogen-bond donors (Lipinski definition) is 1. The van der Waals surface area contributed by atoms with Gasteiger partial charge in [0.2, 0.25) is 15.9 Å². The minimum Gasteiger partial charge on any atom is -0.480 e. The van der Waals surface area contributed by atoms with Crippen LogP contribution < -0.4 is 0 Å². The molecular formula is C13H15N3O7S. The molecule has 24 heavy (non-hydrogen) atoms. The third-order valence-corrected chi connectivity index (χ3v) is 5.64. The van der Waals surface area contributed by atoms with E-state index in [1.54, 1.807) is 0 Å². The van der Waals surface area contributed by atoms with Crippen LogP contribution in [0.25, 0.3) is 0 Å². The number of benzene rings is 1. The fourth-order valence-electron chi connectivity index (χ4n) is 2.42. The summed E-state index contributed by atoms with van der Waals surface area (Å²) in [5, 5.41) is 19.9. The summed E-state index contributed by atoms with van der Waals surface area (Å²) < 4.78 is 26.1. The normalized spacial score (nSPS) is 19.0. The second-order valence-electron chi connectivity index (χ2n) is 5.19. The molecule has 11 heteroatoms. The van der Waals surface area contributed by atoms with Crippen molar-refractivity contribution in [3.63, 3.8) is 0 Å². The molecule has 130 valence electrons. The minimum atomic E-state index is -4.16. The summed E-state index contributed by atoms with van der Waals surface area (Å²) >= 11 is 0. The van der Waals surface area contributed by atoms with E-state index in [1.165, 1.54) is 11.8 Å². The number of carbonyl (C=O) groups excluding carboxylic acids is 1. The molecule has 10 nitrogen and oxygen atoms in total. The highest BCUT2D eigenvalue weighted by Gasteiger charge is 2.40. The summed E-state index contributed by atoms with van der Waals surface area (Å²) in [4.78, 5) is 33.8. The number of hydrogen-bond acceptors (Lipinski definition) is 6. The smallest absolute Gasteiger partial charge is 0.323 e. The molecule has 1 N–H and O–H groups in total. The largest absolute Gasteiger partial charge is 0.480 e. The lowest BCUT2D eigenvalue weighted by atomic mass is 10.2. The van der Waals surface area contributed by atoms with Crippen LogP contribution in [0.15, 0.2) is 29.2 Å². The van der Waals surface area contributed by atoms with E-state index < -0.39 is 27.0 Å². The van der Waals surface area contributed by atoms with Crippen LogP contribution in [0.2, 0.25) is 0 Å². The Morgan fingerprint density at radius 1 is 1.25 bits per heavy atom. The molecule has 1 atom stereocenters. The first-order valence-corrected chi connectivity index (χ1v) is 8.33. The van der Waals surface area contributed by atoms with Crippen LogP contribution in [0.1, 0.15) is 6.92 Å². The van der Waals surface area contributed by atoms with E-state index >= 15 is 0 Å². The number of rotatable bonds is 4. The highest BCUT2D eigenvalue weighted by Crippen LogP contribution is 2.23. The Bertz CT molecular complexity index is 775. The number of carboxylic acids is 1. The highest BCUT2D eigenvalue weighted by atomic mass is 32.2. The van der Waals surface area contributed by atoms with E-state index in [4.69, 9.17) is 0 Å². The van der Waals surface area contributed by atoms with Gasteiger partial charge in [-0.3, -0.25) is 19.7 Å². The zero-order valence-electron chi connectivity index (χ0n) is 12.7. The first-order valence-electron chi connectivity index (χ1n) is 6.89. The van der Waals surface area contributed by atoms with Gasteiger partial charge in [0.15, 0.2) is 0 Å². The van der Waals surface area contributed by atoms with Gasteiger partial charge in [0, 0.05) is 38.7 Å². The number of amides is 1. The van der Waals surface area contributed by atoms with Crippen molar-refractivity contribution < 1.29 is 28.0 Å². The molecule has 0 aromatic heterocycles. The third kappa shape index (κ3) is 3.36. The van der Waals surface area contributed by atoms with Crippen LogP contribution in [-0.2, 0) is 19.6 Å². The Labute approximate surface area is 137 Å². The monoisotopic (exact) mass is 357 g/mol. The lowest BCUT2D eigenvalue weighted by molar-refractivity contribution is -0.384. The zero-order valence-corrected chi connectivity index (χ0v) is 13.5. The van der Waals surface area contributed by atoms with Crippen molar-refractivity contribution in [3.8, 4) is 0 Å². The van der Waals surface area contributed by atoms with Gasteiger partial charge < -0.3 is 10.0 Å². The van der Waals surface area contributed by atoms with Crippen molar-refractivity contribution in [2.75, 3.05) is 19.6 Å². The van der Waals surface area contributed by atoms with Crippen molar-refractivity contribution in [2.24, 2.45) is 0 Å². The van der Waals surface area contributed by atoms with Crippen LogP contribution in [0.5, 0.6) is 0 Å². The number of piperazine rings is 1. The first-order chi connectivity index (χ1) is 11.1. The van der Waals surface area contributed by atoms with E-state index in [1.807, 2.05) is 0 Å². The van der Waals surface area contributed by atoms with Crippen molar-refractivity contribution in [1.29, 1.82) is 0 Å². The lowest BCUT2D eigenvalue weighted by Crippen LogP contribution is -2.58. The zero-order chi connectivity index (χ0) is 18.1. The first kappa shape index (κ1) is 17.8. The molecule has 1 unspecified atom stereocenters. The molecular weight excluding hydrogens is 342 g/mol. The molecule has 1 amide bonds. The summed E-state index contributed by atoms with van der Waals surface area (Å²) in [6, 6.07) is 2.78. The quantitative estimate of drug-likeness (QED) is 0.586. The number of sulfonamides is 1. The van der Waals surface area contributed by atoms with Gasteiger partial charge in [-0.05, 0) is 12.1 Å². The molecule has 1 aromatic rings. The summed E-state index contributed by atoms with van der Waals surface area (Å²) in [6.07, 6.45) is 0. The molecule has 0 bridgehead atoms. The van der Waals surface area contributed by atoms with Gasteiger partial charge >= 0.3 is 5.97 Å². The number of carbonyl (C=O) groups is 2. The molecule has 1 heterocycles.